The van der Waals surface area contributed by atoms with E-state index in [1.54, 1.807) is 95.5 Å². The van der Waals surface area contributed by atoms with Gasteiger partial charge in [-0.15, -0.1) is 0 Å². The molecule has 20 nitrogen and oxygen atoms in total. The number of rotatable bonds is 28. The number of hydrogen-bond donors (Lipinski definition) is 3. The van der Waals surface area contributed by atoms with Crippen LogP contribution >= 0.6 is 0 Å². The van der Waals surface area contributed by atoms with E-state index >= 15 is 0 Å². The Labute approximate surface area is 444 Å². The van der Waals surface area contributed by atoms with Crippen molar-refractivity contribution < 1.29 is 66.1 Å². The van der Waals surface area contributed by atoms with Crippen LogP contribution in [-0.4, -0.2) is 129 Å². The number of likely N-dealkylation sites (tertiary alicyclic amines) is 1. The average Bonchev–Trinajstić information content (AvgIpc) is 3.42. The van der Waals surface area contributed by atoms with Crippen molar-refractivity contribution >= 4 is 45.4 Å². The Morgan fingerprint density at radius 3 is 2.26 bits per heavy atom. The number of nitrogens with zero attached hydrogens (tertiary/aromatic N) is 3. The number of ether oxygens (including phenoxy) is 5. The fourth-order valence-corrected chi connectivity index (χ4v) is 10.1. The van der Waals surface area contributed by atoms with Crippen LogP contribution in [0.3, 0.4) is 0 Å². The zero-order valence-corrected chi connectivity index (χ0v) is 45.0. The highest BCUT2D eigenvalue weighted by atomic mass is 32.2. The number of carbonyl (C=O) groups is 5. The molecule has 0 radical (unpaired) electrons. The van der Waals surface area contributed by atoms with Crippen molar-refractivity contribution in [3.8, 4) is 17.2 Å². The Morgan fingerprint density at radius 2 is 1.61 bits per heavy atom. The molecule has 3 N–H and O–H groups in total. The number of ketones is 1. The Bertz CT molecular complexity index is 2720. The second kappa shape index (κ2) is 28.2. The van der Waals surface area contributed by atoms with Gasteiger partial charge in [-0.1, -0.05) is 83.1 Å². The first-order valence-corrected chi connectivity index (χ1v) is 26.8. The molecule has 1 fully saturated rings. The van der Waals surface area contributed by atoms with E-state index in [0.29, 0.717) is 66.9 Å². The third-order valence-electron chi connectivity index (χ3n) is 13.1. The number of nitro groups is 1. The molecule has 1 heterocycles. The van der Waals surface area contributed by atoms with E-state index < -0.39 is 87.5 Å². The van der Waals surface area contributed by atoms with Crippen LogP contribution in [0.25, 0.3) is 0 Å². The summed E-state index contributed by atoms with van der Waals surface area (Å²) in [7, 11) is -1.18. The predicted octanol–water partition coefficient (Wildman–Crippen LogP) is 6.76. The largest absolute Gasteiger partial charge is 0.493 e. The summed E-state index contributed by atoms with van der Waals surface area (Å²) in [4.78, 5) is 78.7. The summed E-state index contributed by atoms with van der Waals surface area (Å²) in [6, 6.07) is 23.7. The molecule has 1 aliphatic heterocycles. The molecule has 4 aromatic carbocycles. The maximum absolute atomic E-state index is 14.1. The Kier molecular flexibility index (Phi) is 22.1. The van der Waals surface area contributed by atoms with Crippen molar-refractivity contribution in [3.63, 3.8) is 0 Å². The van der Waals surface area contributed by atoms with E-state index in [9.17, 15) is 47.6 Å². The maximum Gasteiger partial charge on any atom is 0.407 e. The lowest BCUT2D eigenvalue weighted by Gasteiger charge is -2.36. The van der Waals surface area contributed by atoms with Gasteiger partial charge >= 0.3 is 12.1 Å². The molecule has 0 aliphatic carbocycles. The van der Waals surface area contributed by atoms with E-state index in [2.05, 4.69) is 10.6 Å². The number of aliphatic hydroxyl groups is 1. The Morgan fingerprint density at radius 1 is 0.895 bits per heavy atom. The first-order valence-electron chi connectivity index (χ1n) is 25.3. The fourth-order valence-electron chi connectivity index (χ4n) is 8.44. The van der Waals surface area contributed by atoms with Crippen molar-refractivity contribution in [2.45, 2.75) is 109 Å². The lowest BCUT2D eigenvalue weighted by Crippen LogP contribution is -2.53. The predicted molar refractivity (Wildman–Crippen MR) is 281 cm³/mol. The number of benzene rings is 4. The van der Waals surface area contributed by atoms with Gasteiger partial charge in [0.1, 0.15) is 24.5 Å². The van der Waals surface area contributed by atoms with Gasteiger partial charge in [-0.05, 0) is 104 Å². The van der Waals surface area contributed by atoms with Crippen LogP contribution in [0.4, 0.5) is 10.5 Å². The SMILES string of the molecule is CCC(C)(C)C(=O)C(=O)N1CCCC[C@H]1C(=O)O[C@H](CCc1ccc(OC)c(OC)c1)c1cccc(OCCNC(=O)COC(=O)N[C@@H](Cc2ccccc2)[C@H](O)CN(CC(C)C)S(=O)(=O)c2ccc([N+](=O)[O-])cc2)c1. The third kappa shape index (κ3) is 17.0. The molecule has 412 valence electrons. The lowest BCUT2D eigenvalue weighted by atomic mass is 9.84. The molecule has 4 atom stereocenters. The summed E-state index contributed by atoms with van der Waals surface area (Å²) in [5.74, 6) is -1.24. The molecule has 0 bridgehead atoms. The third-order valence-corrected chi connectivity index (χ3v) is 14.9. The number of alkyl carbamates (subject to hydrolysis) is 1. The number of hydrogen-bond acceptors (Lipinski definition) is 15. The minimum Gasteiger partial charge on any atom is -0.493 e. The number of amides is 3. The molecule has 0 spiro atoms. The van der Waals surface area contributed by atoms with Crippen LogP contribution in [0, 0.1) is 21.4 Å². The van der Waals surface area contributed by atoms with Crippen molar-refractivity contribution in [1.82, 2.24) is 19.8 Å². The van der Waals surface area contributed by atoms with Crippen LogP contribution in [0.1, 0.15) is 89.5 Å². The number of nitrogens with one attached hydrogen (secondary N) is 2. The van der Waals surface area contributed by atoms with E-state index in [1.165, 1.54) is 12.0 Å². The molecule has 76 heavy (non-hydrogen) atoms. The fraction of sp³-hybridized carbons (Fsp3) is 0.473. The number of nitro benzene ring substituents is 1. The number of aryl methyl sites for hydroxylation is 1. The van der Waals surface area contributed by atoms with Crippen molar-refractivity contribution in [1.29, 1.82) is 0 Å². The molecule has 1 aliphatic rings. The minimum atomic E-state index is -4.26. The molecule has 3 amide bonds. The van der Waals surface area contributed by atoms with Gasteiger partial charge in [-0.25, -0.2) is 18.0 Å². The van der Waals surface area contributed by atoms with Gasteiger partial charge in [0.2, 0.25) is 15.8 Å². The second-order valence-corrected chi connectivity index (χ2v) is 21.5. The maximum atomic E-state index is 14.1. The molecule has 21 heteroatoms. The smallest absolute Gasteiger partial charge is 0.407 e. The second-order valence-electron chi connectivity index (χ2n) is 19.6. The van der Waals surface area contributed by atoms with Gasteiger partial charge in [0.15, 0.2) is 18.1 Å². The average molecular weight is 1070 g/mol. The quantitative estimate of drug-likeness (QED) is 0.0175. The van der Waals surface area contributed by atoms with Gasteiger partial charge in [-0.3, -0.25) is 24.5 Å². The van der Waals surface area contributed by atoms with Gasteiger partial charge in [-0.2, -0.15) is 4.31 Å². The van der Waals surface area contributed by atoms with Crippen LogP contribution in [0.2, 0.25) is 0 Å². The highest BCUT2D eigenvalue weighted by Gasteiger charge is 2.41. The molecule has 0 unspecified atom stereocenters. The number of methoxy groups -OCH3 is 2. The van der Waals surface area contributed by atoms with Crippen LogP contribution in [-0.2, 0) is 51.5 Å². The zero-order chi connectivity index (χ0) is 55.6. The van der Waals surface area contributed by atoms with Crippen LogP contribution in [0.5, 0.6) is 17.2 Å². The van der Waals surface area contributed by atoms with E-state index in [-0.39, 0.29) is 49.2 Å². The minimum absolute atomic E-state index is 0.00484. The van der Waals surface area contributed by atoms with Crippen molar-refractivity contribution in [2.24, 2.45) is 11.3 Å². The van der Waals surface area contributed by atoms with Gasteiger partial charge in [0.25, 0.3) is 17.5 Å². The molecule has 5 rings (SSSR count). The van der Waals surface area contributed by atoms with E-state index in [4.69, 9.17) is 23.7 Å². The van der Waals surface area contributed by atoms with Crippen molar-refractivity contribution in [2.75, 3.05) is 53.6 Å². The lowest BCUT2D eigenvalue weighted by molar-refractivity contribution is -0.384. The van der Waals surface area contributed by atoms with E-state index in [0.717, 1.165) is 34.1 Å². The molecule has 1 saturated heterocycles. The number of carbonyl (C=O) groups excluding carboxylic acids is 5. The normalized spacial score (nSPS) is 15.0. The van der Waals surface area contributed by atoms with Crippen molar-refractivity contribution in [3.05, 3.63) is 124 Å². The number of non-ortho nitro benzene ring substituents is 1. The topological polar surface area (TPSA) is 260 Å². The summed E-state index contributed by atoms with van der Waals surface area (Å²) in [6.07, 6.45) is -0.368. The number of piperidine rings is 1. The highest BCUT2D eigenvalue weighted by Crippen LogP contribution is 2.33. The molecular weight excluding hydrogens is 1000 g/mol. The highest BCUT2D eigenvalue weighted by molar-refractivity contribution is 7.89. The molecular formula is C55H71N5O15S. The summed E-state index contributed by atoms with van der Waals surface area (Å²) in [6.45, 7) is 7.91. The number of Topliss-reactive ketones (excluding diaryl/α,β-unsaturated/α-hetero) is 1. The number of sulfonamides is 1. The van der Waals surface area contributed by atoms with Crippen LogP contribution in [0.15, 0.2) is 102 Å². The number of esters is 1. The summed E-state index contributed by atoms with van der Waals surface area (Å²) in [5, 5.41) is 28.0. The number of aliphatic hydroxyl groups excluding tert-OH is 1. The first-order chi connectivity index (χ1) is 36.2. The van der Waals surface area contributed by atoms with Gasteiger partial charge < -0.3 is 44.3 Å². The molecule has 4 aromatic rings. The summed E-state index contributed by atoms with van der Waals surface area (Å²) >= 11 is 0. The summed E-state index contributed by atoms with van der Waals surface area (Å²) in [5.41, 5.74) is 1.01. The first kappa shape index (κ1) is 59.8. The molecule has 0 aromatic heterocycles. The Hall–Kier alpha value is -7.10. The zero-order valence-electron chi connectivity index (χ0n) is 44.2. The molecule has 0 saturated carbocycles. The van der Waals surface area contributed by atoms with Crippen LogP contribution < -0.4 is 24.8 Å². The summed E-state index contributed by atoms with van der Waals surface area (Å²) < 4.78 is 57.0. The standard InChI is InChI=1S/C55H71N5O15S/c1-8-55(4,5)51(63)52(64)59-29-13-12-19-45(59)53(65)75-47(26-20-39-21-27-48(71-6)49(32-39)72-7)40-17-14-18-42(33-40)73-30-28-56-50(62)36-74-54(66)57-44(31-38-15-10-9-11-16-38)46(61)35-58(34-37(2)3)76(69,70)43-24-22-41(23-25-43)60(67)68/h9-11,14-18,21-25,27,32-33,37,44-47,61H,8,12-13,19-20,26,28-31,34-36H2,1-7H3,(H,56,62)(H,57,66)/t44-,45-,46+,47+/m0/s1. The monoisotopic (exact) mass is 1070 g/mol. The van der Waals surface area contributed by atoms with Gasteiger partial charge in [0.05, 0.1) is 42.7 Å². The van der Waals surface area contributed by atoms with E-state index in [1.807, 2.05) is 19.1 Å². The Balaban J connectivity index is 1.21. The van der Waals surface area contributed by atoms with Gasteiger partial charge in [0, 0.05) is 37.2 Å².